The van der Waals surface area contributed by atoms with Crippen molar-refractivity contribution in [2.45, 2.75) is 78.1 Å². The number of rotatable bonds is 12. The average molecular weight is 352 g/mol. The summed E-state index contributed by atoms with van der Waals surface area (Å²) >= 11 is 0. The van der Waals surface area contributed by atoms with Crippen molar-refractivity contribution >= 4 is 11.9 Å². The largest absolute Gasteiger partial charge is 0.463 e. The molecule has 25 heavy (non-hydrogen) atoms. The van der Waals surface area contributed by atoms with Crippen molar-refractivity contribution < 1.29 is 23.5 Å². The first-order valence-electron chi connectivity index (χ1n) is 9.41. The molecule has 0 aliphatic rings. The molecule has 0 fully saturated rings. The Kier molecular flexibility index (Phi) is 9.97. The van der Waals surface area contributed by atoms with Crippen molar-refractivity contribution in [3.8, 4) is 0 Å². The van der Waals surface area contributed by atoms with Crippen LogP contribution in [0.4, 0.5) is 0 Å². The Morgan fingerprint density at radius 3 is 1.44 bits per heavy atom. The third-order valence-corrected chi connectivity index (χ3v) is 4.42. The van der Waals surface area contributed by atoms with Crippen molar-refractivity contribution in [3.05, 3.63) is 22.6 Å². The highest BCUT2D eigenvalue weighted by Crippen LogP contribution is 2.28. The van der Waals surface area contributed by atoms with E-state index in [2.05, 4.69) is 13.8 Å². The molecule has 5 heteroatoms. The Labute approximate surface area is 151 Å². The maximum absolute atomic E-state index is 12.1. The highest BCUT2D eigenvalue weighted by molar-refractivity contribution is 5.94. The minimum absolute atomic E-state index is 0.157. The van der Waals surface area contributed by atoms with Gasteiger partial charge < -0.3 is 13.9 Å². The number of ether oxygens (including phenoxy) is 2. The molecule has 0 saturated carbocycles. The second kappa shape index (κ2) is 11.7. The lowest BCUT2D eigenvalue weighted by Gasteiger charge is -2.06. The van der Waals surface area contributed by atoms with Gasteiger partial charge in [-0.05, 0) is 25.7 Å². The van der Waals surface area contributed by atoms with E-state index >= 15 is 0 Å². The zero-order valence-electron chi connectivity index (χ0n) is 16.1. The molecule has 1 heterocycles. The van der Waals surface area contributed by atoms with Crippen LogP contribution < -0.4 is 0 Å². The van der Waals surface area contributed by atoms with Gasteiger partial charge in [0.2, 0.25) is 11.5 Å². The summed E-state index contributed by atoms with van der Waals surface area (Å²) in [4.78, 5) is 24.2. The van der Waals surface area contributed by atoms with Gasteiger partial charge in [-0.15, -0.1) is 0 Å². The topological polar surface area (TPSA) is 65.7 Å². The van der Waals surface area contributed by atoms with E-state index in [1.807, 2.05) is 0 Å². The van der Waals surface area contributed by atoms with Crippen molar-refractivity contribution in [2.75, 3.05) is 14.2 Å². The minimum Gasteiger partial charge on any atom is -0.463 e. The van der Waals surface area contributed by atoms with Gasteiger partial charge in [0.15, 0.2) is 0 Å². The predicted octanol–water partition coefficient (Wildman–Crippen LogP) is 5.10. The normalized spacial score (nSPS) is 10.7. The van der Waals surface area contributed by atoms with Gasteiger partial charge in [-0.1, -0.05) is 52.4 Å². The van der Waals surface area contributed by atoms with Gasteiger partial charge in [-0.2, -0.15) is 0 Å². The first-order valence-corrected chi connectivity index (χ1v) is 9.41. The van der Waals surface area contributed by atoms with Gasteiger partial charge in [0.05, 0.1) is 14.2 Å². The summed E-state index contributed by atoms with van der Waals surface area (Å²) in [5.74, 6) is -0.749. The van der Waals surface area contributed by atoms with Gasteiger partial charge >= 0.3 is 11.9 Å². The molecule has 0 unspecified atom stereocenters. The highest BCUT2D eigenvalue weighted by atomic mass is 16.5. The molecule has 0 N–H and O–H groups in total. The zero-order chi connectivity index (χ0) is 18.7. The molecule has 0 radical (unpaired) electrons. The number of methoxy groups -OCH3 is 2. The molecule has 0 aliphatic heterocycles. The van der Waals surface area contributed by atoms with Crippen LogP contribution in [0.15, 0.2) is 4.42 Å². The van der Waals surface area contributed by atoms with Crippen molar-refractivity contribution in [1.82, 2.24) is 0 Å². The highest BCUT2D eigenvalue weighted by Gasteiger charge is 2.28. The van der Waals surface area contributed by atoms with E-state index in [4.69, 9.17) is 13.9 Å². The van der Waals surface area contributed by atoms with Gasteiger partial charge in [0.1, 0.15) is 0 Å². The Bertz CT molecular complexity index is 498. The van der Waals surface area contributed by atoms with E-state index in [-0.39, 0.29) is 11.5 Å². The van der Waals surface area contributed by atoms with Gasteiger partial charge in [-0.25, -0.2) is 9.59 Å². The molecule has 0 spiro atoms. The Hall–Kier alpha value is -1.78. The smallest absolute Gasteiger partial charge is 0.374 e. The van der Waals surface area contributed by atoms with Crippen LogP contribution in [0.3, 0.4) is 0 Å². The first-order chi connectivity index (χ1) is 12.1. The fraction of sp³-hybridized carbons (Fsp3) is 0.700. The molecule has 0 aliphatic carbocycles. The van der Waals surface area contributed by atoms with Crippen molar-refractivity contribution in [2.24, 2.45) is 0 Å². The minimum atomic E-state index is -0.532. The molecule has 0 amide bonds. The lowest BCUT2D eigenvalue weighted by molar-refractivity contribution is 0.0529. The van der Waals surface area contributed by atoms with Crippen LogP contribution in [0.2, 0.25) is 0 Å². The Morgan fingerprint density at radius 1 is 0.720 bits per heavy atom. The van der Waals surface area contributed by atoms with Crippen LogP contribution in [-0.4, -0.2) is 26.2 Å². The van der Waals surface area contributed by atoms with E-state index in [0.717, 1.165) is 62.5 Å². The van der Waals surface area contributed by atoms with Crippen LogP contribution in [0.5, 0.6) is 0 Å². The quantitative estimate of drug-likeness (QED) is 0.387. The lowest BCUT2D eigenvalue weighted by Crippen LogP contribution is -2.06. The standard InChI is InChI=1S/C20H32O5/c1-5-7-9-11-13-15-16(14-12-10-8-6-2)18(20(22)24-4)25-17(15)19(21)23-3/h5-14H2,1-4H3. The second-order valence-electron chi connectivity index (χ2n) is 6.32. The van der Waals surface area contributed by atoms with Crippen LogP contribution >= 0.6 is 0 Å². The van der Waals surface area contributed by atoms with Gasteiger partial charge in [-0.3, -0.25) is 0 Å². The van der Waals surface area contributed by atoms with Crippen molar-refractivity contribution in [1.29, 1.82) is 0 Å². The molecule has 142 valence electrons. The van der Waals surface area contributed by atoms with E-state index in [0.29, 0.717) is 12.8 Å². The summed E-state index contributed by atoms with van der Waals surface area (Å²) in [6.45, 7) is 4.32. The fourth-order valence-electron chi connectivity index (χ4n) is 3.00. The van der Waals surface area contributed by atoms with Crippen LogP contribution in [-0.2, 0) is 22.3 Å². The Morgan fingerprint density at radius 2 is 1.12 bits per heavy atom. The number of unbranched alkanes of at least 4 members (excludes halogenated alkanes) is 6. The molecule has 1 rings (SSSR count). The fourth-order valence-corrected chi connectivity index (χ4v) is 3.00. The molecule has 1 aromatic heterocycles. The molecule has 0 saturated heterocycles. The molecular formula is C20H32O5. The van der Waals surface area contributed by atoms with E-state index < -0.39 is 11.9 Å². The average Bonchev–Trinajstić information content (AvgIpc) is 2.99. The number of esters is 2. The number of furan rings is 1. The summed E-state index contributed by atoms with van der Waals surface area (Å²) in [5.41, 5.74) is 1.64. The molecular weight excluding hydrogens is 320 g/mol. The molecule has 0 atom stereocenters. The van der Waals surface area contributed by atoms with Crippen LogP contribution in [0, 0.1) is 0 Å². The first kappa shape index (κ1) is 21.3. The van der Waals surface area contributed by atoms with Gasteiger partial charge in [0.25, 0.3) is 0 Å². The summed E-state index contributed by atoms with van der Waals surface area (Å²) in [6.07, 6.45) is 10.1. The van der Waals surface area contributed by atoms with Gasteiger partial charge in [0, 0.05) is 11.1 Å². The summed E-state index contributed by atoms with van der Waals surface area (Å²) < 4.78 is 15.3. The molecule has 1 aromatic rings. The van der Waals surface area contributed by atoms with Crippen molar-refractivity contribution in [3.63, 3.8) is 0 Å². The second-order valence-corrected chi connectivity index (χ2v) is 6.32. The number of carbonyl (C=O) groups excluding carboxylic acids is 2. The monoisotopic (exact) mass is 352 g/mol. The maximum atomic E-state index is 12.1. The number of carbonyl (C=O) groups is 2. The molecule has 0 aromatic carbocycles. The van der Waals surface area contributed by atoms with Crippen LogP contribution in [0.1, 0.15) is 97.5 Å². The Balaban J connectivity index is 3.11. The van der Waals surface area contributed by atoms with E-state index in [9.17, 15) is 9.59 Å². The van der Waals surface area contributed by atoms with Crippen LogP contribution in [0.25, 0.3) is 0 Å². The third kappa shape index (κ3) is 6.22. The number of hydrogen-bond acceptors (Lipinski definition) is 5. The van der Waals surface area contributed by atoms with E-state index in [1.54, 1.807) is 0 Å². The number of hydrogen-bond donors (Lipinski definition) is 0. The maximum Gasteiger partial charge on any atom is 0.374 e. The lowest BCUT2D eigenvalue weighted by atomic mass is 9.96. The third-order valence-electron chi connectivity index (χ3n) is 4.42. The SMILES string of the molecule is CCCCCCc1c(C(=O)OC)oc(C(=O)OC)c1CCCCCC. The molecule has 0 bridgehead atoms. The van der Waals surface area contributed by atoms with E-state index in [1.165, 1.54) is 14.2 Å². The summed E-state index contributed by atoms with van der Waals surface area (Å²) in [6, 6.07) is 0. The summed E-state index contributed by atoms with van der Waals surface area (Å²) in [5, 5.41) is 0. The zero-order valence-corrected chi connectivity index (χ0v) is 16.1. The predicted molar refractivity (Wildman–Crippen MR) is 97.1 cm³/mol. The summed E-state index contributed by atoms with van der Waals surface area (Å²) in [7, 11) is 2.65. The molecule has 5 nitrogen and oxygen atoms in total.